The number of amides is 5. The molecule has 1 aromatic heterocycles. The Morgan fingerprint density at radius 1 is 1.14 bits per heavy atom. The number of carboxylic acid groups (broad SMARTS) is 2. The number of ketones is 1. The number of phenols is 2. The zero-order chi connectivity index (χ0) is 36.8. The van der Waals surface area contributed by atoms with Crippen molar-refractivity contribution >= 4 is 87.0 Å². The number of aromatic nitrogens is 1. The number of hydrazine groups is 1. The number of carbonyl (C=O) groups excluding carboxylic acids is 5. The highest BCUT2D eigenvalue weighted by molar-refractivity contribution is 8.02. The van der Waals surface area contributed by atoms with Gasteiger partial charge in [-0.3, -0.25) is 29.5 Å². The van der Waals surface area contributed by atoms with Gasteiger partial charge in [-0.2, -0.15) is 0 Å². The van der Waals surface area contributed by atoms with Gasteiger partial charge in [-0.15, -0.1) is 11.3 Å². The number of rotatable bonds is 12. The number of urea groups is 1. The highest BCUT2D eigenvalue weighted by atomic mass is 35.5. The van der Waals surface area contributed by atoms with E-state index in [0.717, 1.165) is 33.3 Å². The van der Waals surface area contributed by atoms with E-state index < -0.39 is 104 Å². The number of phenolic OH excluding ortho intramolecular Hbond substituents is 2. The molecule has 266 valence electrons. The molecule has 3 saturated heterocycles. The number of thiazole rings is 1. The van der Waals surface area contributed by atoms with Crippen molar-refractivity contribution in [2.75, 3.05) is 25.4 Å². The maximum atomic E-state index is 13.4. The Morgan fingerprint density at radius 3 is 2.44 bits per heavy atom. The van der Waals surface area contributed by atoms with E-state index in [2.05, 4.69) is 20.9 Å². The SMILES string of the molecule is CC(C)C(O/N=C(\C(=O)N[C@@H]1C(=O)N2C[C@@](C(=O)O)(N3CCN(NC(=O)C(=O)c4ccc(O)c(O)c4Cl)C3=O)S[C@H]12)c1csc(N)n1)C(=O)O. The number of carboxylic acids is 2. The van der Waals surface area contributed by atoms with Crippen LogP contribution in [0.3, 0.4) is 0 Å². The fourth-order valence-electron chi connectivity index (χ4n) is 5.18. The van der Waals surface area contributed by atoms with Gasteiger partial charge in [-0.25, -0.2) is 24.4 Å². The van der Waals surface area contributed by atoms with Crippen molar-refractivity contribution in [3.05, 3.63) is 33.8 Å². The van der Waals surface area contributed by atoms with Gasteiger partial charge in [0.25, 0.3) is 11.7 Å². The molecule has 5 amide bonds. The summed E-state index contributed by atoms with van der Waals surface area (Å²) >= 11 is 7.49. The minimum absolute atomic E-state index is 0.0518. The minimum atomic E-state index is -2.08. The van der Waals surface area contributed by atoms with E-state index in [9.17, 15) is 54.0 Å². The molecule has 4 heterocycles. The summed E-state index contributed by atoms with van der Waals surface area (Å²) in [5.41, 5.74) is 6.72. The van der Waals surface area contributed by atoms with Crippen LogP contribution in [0.15, 0.2) is 22.7 Å². The molecule has 3 fully saturated rings. The molecule has 5 rings (SSSR count). The lowest BCUT2D eigenvalue weighted by atomic mass is 10.1. The van der Waals surface area contributed by atoms with E-state index in [1.54, 1.807) is 13.8 Å². The Balaban J connectivity index is 1.30. The van der Waals surface area contributed by atoms with Gasteiger partial charge in [0.1, 0.15) is 17.1 Å². The molecule has 1 unspecified atom stereocenters. The molecular formula is C27H27ClN8O12S2. The lowest BCUT2D eigenvalue weighted by Gasteiger charge is -2.41. The highest BCUT2D eigenvalue weighted by Crippen LogP contribution is 2.49. The van der Waals surface area contributed by atoms with Crippen molar-refractivity contribution in [1.82, 2.24) is 30.5 Å². The molecule has 0 bridgehead atoms. The van der Waals surface area contributed by atoms with Crippen molar-refractivity contribution in [1.29, 1.82) is 0 Å². The molecule has 3 aliphatic heterocycles. The first-order valence-electron chi connectivity index (χ1n) is 14.3. The first kappa shape index (κ1) is 35.9. The molecular weight excluding hydrogens is 728 g/mol. The number of nitrogens with one attached hydrogen (secondary N) is 2. The van der Waals surface area contributed by atoms with Crippen molar-refractivity contribution < 1.29 is 58.8 Å². The summed E-state index contributed by atoms with van der Waals surface area (Å²) in [5, 5.41) is 45.8. The highest BCUT2D eigenvalue weighted by Gasteiger charge is 2.66. The van der Waals surface area contributed by atoms with Crippen LogP contribution >= 0.6 is 34.7 Å². The Bertz CT molecular complexity index is 1860. The van der Waals surface area contributed by atoms with Crippen LogP contribution in [-0.2, 0) is 28.8 Å². The second kappa shape index (κ2) is 13.5. The number of fused-ring (bicyclic) bond motifs is 1. The van der Waals surface area contributed by atoms with Gasteiger partial charge in [-0.05, 0) is 12.1 Å². The van der Waals surface area contributed by atoms with Crippen molar-refractivity contribution in [2.24, 2.45) is 11.1 Å². The van der Waals surface area contributed by atoms with Crippen LogP contribution in [0.5, 0.6) is 11.5 Å². The molecule has 23 heteroatoms. The number of hydrogen-bond donors (Lipinski definition) is 7. The first-order valence-corrected chi connectivity index (χ1v) is 16.5. The van der Waals surface area contributed by atoms with E-state index in [-0.39, 0.29) is 23.9 Å². The molecule has 0 spiro atoms. The number of aromatic hydroxyl groups is 2. The first-order chi connectivity index (χ1) is 23.5. The number of thioether (sulfide) groups is 1. The number of Topliss-reactive ketones (excluding diaryl/α,β-unsaturated/α-hetero) is 1. The second-order valence-corrected chi connectivity index (χ2v) is 13.9. The van der Waals surface area contributed by atoms with Crippen LogP contribution in [0, 0.1) is 5.92 Å². The predicted octanol–water partition coefficient (Wildman–Crippen LogP) is -0.548. The number of carbonyl (C=O) groups is 7. The van der Waals surface area contributed by atoms with Crippen LogP contribution in [0.4, 0.5) is 9.93 Å². The maximum absolute atomic E-state index is 13.4. The van der Waals surface area contributed by atoms with Crippen LogP contribution in [-0.4, -0.2) is 129 Å². The van der Waals surface area contributed by atoms with E-state index in [0.29, 0.717) is 16.8 Å². The molecule has 50 heavy (non-hydrogen) atoms. The van der Waals surface area contributed by atoms with E-state index in [1.807, 2.05) is 0 Å². The molecule has 0 radical (unpaired) electrons. The Hall–Kier alpha value is -5.35. The molecule has 0 saturated carbocycles. The summed E-state index contributed by atoms with van der Waals surface area (Å²) in [6.07, 6.45) is -1.43. The van der Waals surface area contributed by atoms with Crippen LogP contribution in [0.2, 0.25) is 5.02 Å². The Labute approximate surface area is 293 Å². The summed E-state index contributed by atoms with van der Waals surface area (Å²) in [6, 6.07) is -0.429. The third-order valence-electron chi connectivity index (χ3n) is 7.78. The minimum Gasteiger partial charge on any atom is -0.504 e. The van der Waals surface area contributed by atoms with Gasteiger partial charge in [0, 0.05) is 17.8 Å². The molecule has 0 aliphatic carbocycles. The number of β-lactam (4-membered cyclic amide) rings is 1. The number of anilines is 1. The van der Waals surface area contributed by atoms with Crippen LogP contribution in [0.1, 0.15) is 29.9 Å². The number of oxime groups is 1. The number of benzene rings is 1. The van der Waals surface area contributed by atoms with Gasteiger partial charge in [0.05, 0.1) is 23.7 Å². The predicted molar refractivity (Wildman–Crippen MR) is 172 cm³/mol. The van der Waals surface area contributed by atoms with Crippen molar-refractivity contribution in [3.63, 3.8) is 0 Å². The van der Waals surface area contributed by atoms with Crippen molar-refractivity contribution in [2.45, 2.75) is 36.2 Å². The lowest BCUT2D eigenvalue weighted by Crippen LogP contribution is -2.68. The number of nitrogens with two attached hydrogens (primary N) is 1. The number of halogens is 1. The Morgan fingerprint density at radius 2 is 1.84 bits per heavy atom. The zero-order valence-electron chi connectivity index (χ0n) is 25.7. The number of hydrogen-bond acceptors (Lipinski definition) is 15. The number of nitrogens with zero attached hydrogens (tertiary/aromatic N) is 5. The molecule has 2 aromatic rings. The lowest BCUT2D eigenvalue weighted by molar-refractivity contribution is -0.153. The van der Waals surface area contributed by atoms with Crippen LogP contribution in [0.25, 0.3) is 0 Å². The number of nitrogen functional groups attached to an aromatic ring is 1. The van der Waals surface area contributed by atoms with Crippen LogP contribution < -0.4 is 16.5 Å². The molecule has 3 aliphatic rings. The van der Waals surface area contributed by atoms with Crippen molar-refractivity contribution in [3.8, 4) is 11.5 Å². The van der Waals surface area contributed by atoms with Gasteiger partial charge < -0.3 is 41.2 Å². The average molecular weight is 755 g/mol. The topological polar surface area (TPSA) is 295 Å². The van der Waals surface area contributed by atoms with Gasteiger partial charge >= 0.3 is 23.9 Å². The molecule has 20 nitrogen and oxygen atoms in total. The summed E-state index contributed by atoms with van der Waals surface area (Å²) in [5.74, 6) is -9.22. The summed E-state index contributed by atoms with van der Waals surface area (Å²) in [7, 11) is 0. The Kier molecular flexibility index (Phi) is 9.72. The third-order valence-corrected chi connectivity index (χ3v) is 10.5. The van der Waals surface area contributed by atoms with E-state index in [4.69, 9.17) is 22.2 Å². The van der Waals surface area contributed by atoms with Gasteiger partial charge in [0.15, 0.2) is 22.3 Å². The molecule has 4 atom stereocenters. The fourth-order valence-corrected chi connectivity index (χ4v) is 7.61. The summed E-state index contributed by atoms with van der Waals surface area (Å²) in [4.78, 5) is 98.7. The smallest absolute Gasteiger partial charge is 0.348 e. The fraction of sp³-hybridized carbons (Fsp3) is 0.370. The second-order valence-electron chi connectivity index (χ2n) is 11.3. The van der Waals surface area contributed by atoms with Gasteiger partial charge in [-0.1, -0.05) is 42.4 Å². The van der Waals surface area contributed by atoms with E-state index in [1.165, 1.54) is 5.38 Å². The van der Waals surface area contributed by atoms with E-state index >= 15 is 0 Å². The maximum Gasteiger partial charge on any atom is 0.348 e. The largest absolute Gasteiger partial charge is 0.504 e. The quantitative estimate of drug-likeness (QED) is 0.0357. The molecule has 8 N–H and O–H groups in total. The number of aliphatic carboxylic acids is 2. The summed E-state index contributed by atoms with van der Waals surface area (Å²) < 4.78 is 0. The summed E-state index contributed by atoms with van der Waals surface area (Å²) in [6.45, 7) is 2.07. The monoisotopic (exact) mass is 754 g/mol. The third kappa shape index (κ3) is 6.27. The normalized spacial score (nSPS) is 22.2. The standard InChI is InChI=1S/C27H27ClN8O12S2/c1-9(2)18(23(43)44)48-33-14(11-7-49-25(29)30-11)19(40)31-15-21(42)34-8-27(24(45)46,50-22(15)34)35-5-6-36(26(35)47)32-20(41)16(38)10-3-4-12(37)17(39)13(10)28/h3-4,7,9,15,18,22,37,39H,5-6,8H2,1-2H3,(H2,29,30)(H,31,40)(H,32,41)(H,43,44)(H,45,46)/b33-14-/t15-,18?,22-,27-/m1/s1. The zero-order valence-corrected chi connectivity index (χ0v) is 28.1. The average Bonchev–Trinajstić information content (AvgIpc) is 3.76. The van der Waals surface area contributed by atoms with Gasteiger partial charge in [0.2, 0.25) is 16.9 Å². The molecule has 1 aromatic carbocycles.